The number of ether oxygens (including phenoxy) is 3. The second-order valence-corrected chi connectivity index (χ2v) is 5.95. The second kappa shape index (κ2) is 6.33. The van der Waals surface area contributed by atoms with Gasteiger partial charge in [-0.25, -0.2) is 0 Å². The molecule has 0 aliphatic carbocycles. The quantitative estimate of drug-likeness (QED) is 0.814. The van der Waals surface area contributed by atoms with Crippen LogP contribution < -0.4 is 0 Å². The lowest BCUT2D eigenvalue weighted by atomic mass is 9.80. The highest BCUT2D eigenvalue weighted by Crippen LogP contribution is 2.38. The van der Waals surface area contributed by atoms with Crippen molar-refractivity contribution in [1.82, 2.24) is 0 Å². The zero-order chi connectivity index (χ0) is 13.0. The van der Waals surface area contributed by atoms with Crippen molar-refractivity contribution in [2.75, 3.05) is 33.5 Å². The lowest BCUT2D eigenvalue weighted by molar-refractivity contribution is -0.118. The minimum Gasteiger partial charge on any atom is -0.393 e. The van der Waals surface area contributed by atoms with Gasteiger partial charge < -0.3 is 19.3 Å². The highest BCUT2D eigenvalue weighted by Gasteiger charge is 2.42. The van der Waals surface area contributed by atoms with Gasteiger partial charge in [0.1, 0.15) is 0 Å². The Hall–Kier alpha value is -0.160. The smallest absolute Gasteiger partial charge is 0.0940 e. The average Bonchev–Trinajstić information content (AvgIpc) is 2.77. The van der Waals surface area contributed by atoms with E-state index in [9.17, 15) is 5.11 Å². The van der Waals surface area contributed by atoms with E-state index in [-0.39, 0.29) is 11.7 Å². The summed E-state index contributed by atoms with van der Waals surface area (Å²) in [5.74, 6) is 0.753. The summed E-state index contributed by atoms with van der Waals surface area (Å²) in [6, 6.07) is 0. The molecule has 0 bridgehead atoms. The van der Waals surface area contributed by atoms with Gasteiger partial charge in [-0.05, 0) is 31.1 Å². The van der Waals surface area contributed by atoms with E-state index in [2.05, 4.69) is 6.92 Å². The second-order valence-electron chi connectivity index (χ2n) is 5.95. The molecule has 0 saturated carbocycles. The number of aliphatic hydroxyl groups excluding tert-OH is 1. The zero-order valence-electron chi connectivity index (χ0n) is 11.6. The fourth-order valence-corrected chi connectivity index (χ4v) is 3.21. The van der Waals surface area contributed by atoms with Crippen LogP contribution >= 0.6 is 0 Å². The molecule has 4 heteroatoms. The van der Waals surface area contributed by atoms with Gasteiger partial charge in [0.25, 0.3) is 0 Å². The van der Waals surface area contributed by atoms with E-state index >= 15 is 0 Å². The van der Waals surface area contributed by atoms with Crippen LogP contribution in [0.3, 0.4) is 0 Å². The molecule has 2 fully saturated rings. The van der Waals surface area contributed by atoms with Crippen molar-refractivity contribution >= 4 is 0 Å². The maximum absolute atomic E-state index is 10.4. The minimum atomic E-state index is -0.239. The van der Waals surface area contributed by atoms with Crippen molar-refractivity contribution in [3.8, 4) is 0 Å². The van der Waals surface area contributed by atoms with Crippen LogP contribution in [0, 0.1) is 11.8 Å². The normalized spacial score (nSPS) is 35.8. The van der Waals surface area contributed by atoms with E-state index in [4.69, 9.17) is 14.2 Å². The molecule has 0 aromatic heterocycles. The topological polar surface area (TPSA) is 47.9 Å². The standard InChI is InChI=1S/C14H26O4/c1-11(9-16-2)7-13(15)12-3-5-18-14(8-12)4-6-17-10-14/h11-13,15H,3-10H2,1-2H3. The number of methoxy groups -OCH3 is 1. The third kappa shape index (κ3) is 3.44. The molecule has 1 spiro atoms. The molecule has 4 atom stereocenters. The number of hydrogen-bond acceptors (Lipinski definition) is 4. The Bertz CT molecular complexity index is 250. The molecule has 2 heterocycles. The van der Waals surface area contributed by atoms with Gasteiger partial charge in [-0.3, -0.25) is 0 Å². The molecule has 0 radical (unpaired) electrons. The van der Waals surface area contributed by atoms with Crippen molar-refractivity contribution in [3.63, 3.8) is 0 Å². The molecule has 2 aliphatic heterocycles. The predicted molar refractivity (Wildman–Crippen MR) is 68.5 cm³/mol. The molecule has 0 amide bonds. The molecule has 0 aromatic rings. The summed E-state index contributed by atoms with van der Waals surface area (Å²) in [4.78, 5) is 0. The average molecular weight is 258 g/mol. The lowest BCUT2D eigenvalue weighted by Crippen LogP contribution is -2.43. The number of aliphatic hydroxyl groups is 1. The monoisotopic (exact) mass is 258 g/mol. The van der Waals surface area contributed by atoms with Gasteiger partial charge in [0.05, 0.1) is 18.3 Å². The SMILES string of the molecule is COCC(C)CC(O)C1CCOC2(CCOC2)C1. The third-order valence-corrected chi connectivity index (χ3v) is 4.24. The summed E-state index contributed by atoms with van der Waals surface area (Å²) >= 11 is 0. The Balaban J connectivity index is 1.84. The van der Waals surface area contributed by atoms with Crippen molar-refractivity contribution < 1.29 is 19.3 Å². The van der Waals surface area contributed by atoms with Gasteiger partial charge in [-0.15, -0.1) is 0 Å². The largest absolute Gasteiger partial charge is 0.393 e. The van der Waals surface area contributed by atoms with E-state index < -0.39 is 0 Å². The molecule has 4 nitrogen and oxygen atoms in total. The van der Waals surface area contributed by atoms with E-state index in [1.54, 1.807) is 7.11 Å². The van der Waals surface area contributed by atoms with E-state index in [1.807, 2.05) is 0 Å². The Kier molecular flexibility index (Phi) is 5.01. The van der Waals surface area contributed by atoms with E-state index in [0.717, 1.165) is 38.9 Å². The van der Waals surface area contributed by atoms with Gasteiger partial charge in [0.15, 0.2) is 0 Å². The highest BCUT2D eigenvalue weighted by molar-refractivity contribution is 4.92. The van der Waals surface area contributed by atoms with Crippen molar-refractivity contribution in [3.05, 3.63) is 0 Å². The van der Waals surface area contributed by atoms with Gasteiger partial charge in [-0.1, -0.05) is 6.92 Å². The van der Waals surface area contributed by atoms with Crippen LogP contribution in [0.2, 0.25) is 0 Å². The van der Waals surface area contributed by atoms with Crippen LogP contribution in [0.1, 0.15) is 32.6 Å². The van der Waals surface area contributed by atoms with Gasteiger partial charge >= 0.3 is 0 Å². The summed E-state index contributed by atoms with van der Waals surface area (Å²) in [7, 11) is 1.71. The summed E-state index contributed by atoms with van der Waals surface area (Å²) < 4.78 is 16.5. The number of hydrogen-bond donors (Lipinski definition) is 1. The first-order chi connectivity index (χ1) is 8.65. The molecule has 106 valence electrons. The Morgan fingerprint density at radius 2 is 2.28 bits per heavy atom. The van der Waals surface area contributed by atoms with Crippen molar-refractivity contribution in [1.29, 1.82) is 0 Å². The first-order valence-electron chi connectivity index (χ1n) is 7.04. The van der Waals surface area contributed by atoms with Crippen LogP contribution in [0.25, 0.3) is 0 Å². The summed E-state index contributed by atoms with van der Waals surface area (Å²) in [5, 5.41) is 10.4. The van der Waals surface area contributed by atoms with E-state index in [0.29, 0.717) is 25.0 Å². The Labute approximate surface area is 110 Å². The van der Waals surface area contributed by atoms with Crippen LogP contribution in [0.5, 0.6) is 0 Å². The van der Waals surface area contributed by atoms with Crippen molar-refractivity contribution in [2.45, 2.75) is 44.3 Å². The van der Waals surface area contributed by atoms with Gasteiger partial charge in [0, 0.05) is 33.4 Å². The predicted octanol–water partition coefficient (Wildman–Crippen LogP) is 1.61. The summed E-state index contributed by atoms with van der Waals surface area (Å²) in [6.07, 6.45) is 3.45. The Morgan fingerprint density at radius 1 is 1.44 bits per heavy atom. The maximum atomic E-state index is 10.4. The zero-order valence-corrected chi connectivity index (χ0v) is 11.6. The van der Waals surface area contributed by atoms with Crippen LogP contribution in [-0.4, -0.2) is 50.3 Å². The lowest BCUT2D eigenvalue weighted by Gasteiger charge is -2.39. The molecule has 4 unspecified atom stereocenters. The van der Waals surface area contributed by atoms with Crippen molar-refractivity contribution in [2.24, 2.45) is 11.8 Å². The first-order valence-corrected chi connectivity index (χ1v) is 7.04. The summed E-state index contributed by atoms with van der Waals surface area (Å²) in [5.41, 5.74) is -0.103. The third-order valence-electron chi connectivity index (χ3n) is 4.24. The maximum Gasteiger partial charge on any atom is 0.0940 e. The fraction of sp³-hybridized carbons (Fsp3) is 1.00. The first kappa shape index (κ1) is 14.3. The molecule has 18 heavy (non-hydrogen) atoms. The molecule has 1 N–H and O–H groups in total. The van der Waals surface area contributed by atoms with Crippen LogP contribution in [0.15, 0.2) is 0 Å². The van der Waals surface area contributed by atoms with E-state index in [1.165, 1.54) is 0 Å². The molecule has 2 rings (SSSR count). The van der Waals surface area contributed by atoms with Crippen LogP contribution in [0.4, 0.5) is 0 Å². The number of rotatable bonds is 5. The molecule has 2 saturated heterocycles. The minimum absolute atomic E-state index is 0.103. The molecular weight excluding hydrogens is 232 g/mol. The molecule has 2 aliphatic rings. The van der Waals surface area contributed by atoms with Crippen LogP contribution in [-0.2, 0) is 14.2 Å². The van der Waals surface area contributed by atoms with Gasteiger partial charge in [-0.2, -0.15) is 0 Å². The highest BCUT2D eigenvalue weighted by atomic mass is 16.6. The molecular formula is C14H26O4. The summed E-state index contributed by atoms with van der Waals surface area (Å²) in [6.45, 7) is 5.09. The Morgan fingerprint density at radius 3 is 2.94 bits per heavy atom. The fourth-order valence-electron chi connectivity index (χ4n) is 3.21. The molecule has 0 aromatic carbocycles. The van der Waals surface area contributed by atoms with Gasteiger partial charge in [0.2, 0.25) is 0 Å².